The Kier molecular flexibility index (Phi) is 4.56. The van der Waals surface area contributed by atoms with Crippen LogP contribution in [0.5, 0.6) is 0 Å². The Morgan fingerprint density at radius 2 is 2.14 bits per heavy atom. The maximum absolute atomic E-state index is 11.0. The summed E-state index contributed by atoms with van der Waals surface area (Å²) in [6, 6.07) is 8.70. The lowest BCUT2D eigenvalue weighted by Gasteiger charge is -2.36. The molecule has 0 bridgehead atoms. The highest BCUT2D eigenvalue weighted by Crippen LogP contribution is 2.32. The topological polar surface area (TPSA) is 52.6 Å². The summed E-state index contributed by atoms with van der Waals surface area (Å²) < 4.78 is 0. The third-order valence-electron chi connectivity index (χ3n) is 4.57. The molecule has 1 aliphatic heterocycles. The summed E-state index contributed by atoms with van der Waals surface area (Å²) in [5, 5.41) is 12.5. The third kappa shape index (κ3) is 3.83. The number of hydrogen-bond donors (Lipinski definition) is 2. The second-order valence-corrected chi connectivity index (χ2v) is 6.26. The highest BCUT2D eigenvalue weighted by atomic mass is 16.4. The zero-order valence-corrected chi connectivity index (χ0v) is 12.4. The first-order chi connectivity index (χ1) is 10.2. The van der Waals surface area contributed by atoms with Crippen molar-refractivity contribution < 1.29 is 9.90 Å². The van der Waals surface area contributed by atoms with Crippen molar-refractivity contribution >= 4 is 5.97 Å². The quantitative estimate of drug-likeness (QED) is 0.844. The van der Waals surface area contributed by atoms with Gasteiger partial charge in [0.1, 0.15) is 0 Å². The Labute approximate surface area is 126 Å². The second-order valence-electron chi connectivity index (χ2n) is 6.26. The van der Waals surface area contributed by atoms with Gasteiger partial charge in [-0.1, -0.05) is 18.6 Å². The fourth-order valence-electron chi connectivity index (χ4n) is 3.33. The largest absolute Gasteiger partial charge is 0.478 e. The molecule has 1 aliphatic carbocycles. The van der Waals surface area contributed by atoms with E-state index in [1.807, 2.05) is 12.1 Å². The Bertz CT molecular complexity index is 499. The van der Waals surface area contributed by atoms with Crippen LogP contribution < -0.4 is 5.32 Å². The molecule has 0 amide bonds. The van der Waals surface area contributed by atoms with Crippen molar-refractivity contribution in [3.05, 3.63) is 35.4 Å². The molecule has 1 aromatic carbocycles. The van der Waals surface area contributed by atoms with Crippen molar-refractivity contribution in [1.29, 1.82) is 0 Å². The van der Waals surface area contributed by atoms with Crippen LogP contribution >= 0.6 is 0 Å². The molecule has 1 atom stereocenters. The molecule has 4 heteroatoms. The number of likely N-dealkylation sites (tertiary alicyclic amines) is 1. The molecule has 2 fully saturated rings. The molecule has 2 aliphatic rings. The van der Waals surface area contributed by atoms with E-state index in [0.717, 1.165) is 24.7 Å². The number of hydrogen-bond acceptors (Lipinski definition) is 3. The van der Waals surface area contributed by atoms with Crippen LogP contribution in [0.25, 0.3) is 0 Å². The zero-order chi connectivity index (χ0) is 14.7. The number of rotatable bonds is 6. The number of carboxylic acid groups (broad SMARTS) is 1. The van der Waals surface area contributed by atoms with Gasteiger partial charge in [0.25, 0.3) is 0 Å². The van der Waals surface area contributed by atoms with Crippen LogP contribution in [0.1, 0.15) is 48.0 Å². The van der Waals surface area contributed by atoms with E-state index in [1.165, 1.54) is 38.6 Å². The summed E-state index contributed by atoms with van der Waals surface area (Å²) in [6.45, 7) is 3.01. The lowest BCUT2D eigenvalue weighted by atomic mass is 10.0. The van der Waals surface area contributed by atoms with Gasteiger partial charge in [0.2, 0.25) is 0 Å². The van der Waals surface area contributed by atoms with E-state index in [-0.39, 0.29) is 0 Å². The number of carbonyl (C=O) groups is 1. The van der Waals surface area contributed by atoms with E-state index >= 15 is 0 Å². The van der Waals surface area contributed by atoms with Crippen molar-refractivity contribution in [3.8, 4) is 0 Å². The van der Waals surface area contributed by atoms with Crippen LogP contribution in [0.15, 0.2) is 24.3 Å². The minimum absolute atomic E-state index is 0.367. The molecule has 21 heavy (non-hydrogen) atoms. The molecule has 4 nitrogen and oxygen atoms in total. The smallest absolute Gasteiger partial charge is 0.335 e. The third-order valence-corrected chi connectivity index (χ3v) is 4.57. The Hall–Kier alpha value is -1.39. The van der Waals surface area contributed by atoms with Crippen LogP contribution in [0, 0.1) is 0 Å². The maximum atomic E-state index is 11.0. The molecular weight excluding hydrogens is 264 g/mol. The highest BCUT2D eigenvalue weighted by molar-refractivity contribution is 5.87. The molecule has 3 rings (SSSR count). The predicted octanol–water partition coefficient (Wildman–Crippen LogP) is 2.49. The van der Waals surface area contributed by atoms with Gasteiger partial charge in [-0.2, -0.15) is 0 Å². The van der Waals surface area contributed by atoms with E-state index < -0.39 is 5.97 Å². The average molecular weight is 288 g/mol. The summed E-state index contributed by atoms with van der Waals surface area (Å²) in [7, 11) is 0. The number of aromatic carboxylic acids is 1. The molecule has 1 aromatic rings. The number of benzene rings is 1. The predicted molar refractivity (Wildman–Crippen MR) is 82.5 cm³/mol. The van der Waals surface area contributed by atoms with Gasteiger partial charge in [-0.15, -0.1) is 0 Å². The van der Waals surface area contributed by atoms with Crippen molar-refractivity contribution in [3.63, 3.8) is 0 Å². The van der Waals surface area contributed by atoms with Gasteiger partial charge < -0.3 is 10.4 Å². The molecular formula is C17H24N2O2. The van der Waals surface area contributed by atoms with Crippen LogP contribution in [0.2, 0.25) is 0 Å². The molecule has 0 aromatic heterocycles. The van der Waals surface area contributed by atoms with Crippen LogP contribution in [0.4, 0.5) is 0 Å². The normalized spacial score (nSPS) is 23.1. The lowest BCUT2D eigenvalue weighted by Crippen LogP contribution is -2.46. The molecule has 114 valence electrons. The van der Waals surface area contributed by atoms with Gasteiger partial charge in [-0.25, -0.2) is 4.79 Å². The molecule has 2 N–H and O–H groups in total. The van der Waals surface area contributed by atoms with Crippen molar-refractivity contribution in [1.82, 2.24) is 10.2 Å². The Morgan fingerprint density at radius 3 is 2.90 bits per heavy atom. The molecule has 0 spiro atoms. The van der Waals surface area contributed by atoms with Crippen LogP contribution in [-0.4, -0.2) is 41.1 Å². The van der Waals surface area contributed by atoms with Crippen molar-refractivity contribution in [2.24, 2.45) is 0 Å². The number of piperidine rings is 1. The summed E-state index contributed by atoms with van der Waals surface area (Å²) in [5.41, 5.74) is 1.41. The van der Waals surface area contributed by atoms with E-state index in [2.05, 4.69) is 10.2 Å². The molecule has 1 saturated heterocycles. The van der Waals surface area contributed by atoms with Gasteiger partial charge in [-0.05, 0) is 49.9 Å². The Balaban J connectivity index is 1.50. The summed E-state index contributed by atoms with van der Waals surface area (Å²) in [6.07, 6.45) is 6.71. The maximum Gasteiger partial charge on any atom is 0.335 e. The van der Waals surface area contributed by atoms with E-state index in [9.17, 15) is 4.79 Å². The van der Waals surface area contributed by atoms with Gasteiger partial charge >= 0.3 is 5.97 Å². The van der Waals surface area contributed by atoms with Crippen LogP contribution in [0.3, 0.4) is 0 Å². The second kappa shape index (κ2) is 6.58. The van der Waals surface area contributed by atoms with E-state index in [0.29, 0.717) is 11.6 Å². The number of nitrogens with one attached hydrogen (secondary N) is 1. The summed E-state index contributed by atoms with van der Waals surface area (Å²) in [4.78, 5) is 13.7. The SMILES string of the molecule is O=C(O)c1cccc(CNCC2CCCCN2C2CC2)c1. The monoisotopic (exact) mass is 288 g/mol. The lowest BCUT2D eigenvalue weighted by molar-refractivity contribution is 0.0696. The average Bonchev–Trinajstić information content (AvgIpc) is 3.33. The van der Waals surface area contributed by atoms with Gasteiger partial charge in [0.05, 0.1) is 5.56 Å². The van der Waals surface area contributed by atoms with Gasteiger partial charge in [-0.3, -0.25) is 4.90 Å². The molecule has 1 unspecified atom stereocenters. The molecule has 0 radical (unpaired) electrons. The van der Waals surface area contributed by atoms with Crippen LogP contribution in [-0.2, 0) is 6.54 Å². The summed E-state index contributed by atoms with van der Waals surface area (Å²) >= 11 is 0. The standard InChI is InChI=1S/C17H24N2O2/c20-17(21)14-5-3-4-13(10-14)11-18-12-16-6-1-2-9-19(16)15-7-8-15/h3-5,10,15-16,18H,1-2,6-9,11-12H2,(H,20,21). The van der Waals surface area contributed by atoms with E-state index in [1.54, 1.807) is 12.1 Å². The van der Waals surface area contributed by atoms with Crippen molar-refractivity contribution in [2.75, 3.05) is 13.1 Å². The minimum Gasteiger partial charge on any atom is -0.478 e. The van der Waals surface area contributed by atoms with Crippen molar-refractivity contribution in [2.45, 2.75) is 50.7 Å². The first-order valence-electron chi connectivity index (χ1n) is 8.03. The first-order valence-corrected chi connectivity index (χ1v) is 8.03. The minimum atomic E-state index is -0.857. The summed E-state index contributed by atoms with van der Waals surface area (Å²) in [5.74, 6) is -0.857. The number of nitrogens with zero attached hydrogens (tertiary/aromatic N) is 1. The Morgan fingerprint density at radius 1 is 1.29 bits per heavy atom. The van der Waals surface area contributed by atoms with Gasteiger partial charge in [0, 0.05) is 25.2 Å². The zero-order valence-electron chi connectivity index (χ0n) is 12.4. The van der Waals surface area contributed by atoms with Gasteiger partial charge in [0.15, 0.2) is 0 Å². The molecule has 1 saturated carbocycles. The first kappa shape index (κ1) is 14.5. The van der Waals surface area contributed by atoms with E-state index in [4.69, 9.17) is 5.11 Å². The fraction of sp³-hybridized carbons (Fsp3) is 0.588. The number of carboxylic acids is 1. The molecule has 1 heterocycles. The fourth-order valence-corrected chi connectivity index (χ4v) is 3.33. The highest BCUT2D eigenvalue weighted by Gasteiger charge is 2.34.